The van der Waals surface area contributed by atoms with Gasteiger partial charge in [0.2, 0.25) is 5.95 Å². The van der Waals surface area contributed by atoms with Crippen LogP contribution < -0.4 is 10.6 Å². The maximum absolute atomic E-state index is 6.00. The Balaban J connectivity index is 2.04. The van der Waals surface area contributed by atoms with Gasteiger partial charge < -0.3 is 15.5 Å². The Morgan fingerprint density at radius 3 is 2.61 bits per heavy atom. The van der Waals surface area contributed by atoms with E-state index in [2.05, 4.69) is 39.6 Å². The van der Waals surface area contributed by atoms with Crippen LogP contribution in [0.2, 0.25) is 5.02 Å². The van der Waals surface area contributed by atoms with E-state index in [0.29, 0.717) is 5.95 Å². The zero-order valence-electron chi connectivity index (χ0n) is 14.2. The van der Waals surface area contributed by atoms with Crippen molar-refractivity contribution in [2.24, 2.45) is 0 Å². The molecule has 0 bridgehead atoms. The second-order valence-electron chi connectivity index (χ2n) is 5.89. The zero-order valence-corrected chi connectivity index (χ0v) is 14.9. The van der Waals surface area contributed by atoms with Crippen molar-refractivity contribution < 1.29 is 0 Å². The van der Waals surface area contributed by atoms with Crippen molar-refractivity contribution in [1.29, 1.82) is 0 Å². The highest BCUT2D eigenvalue weighted by molar-refractivity contribution is 6.30. The van der Waals surface area contributed by atoms with Crippen molar-refractivity contribution >= 4 is 29.1 Å². The Labute approximate surface area is 143 Å². The topological polar surface area (TPSA) is 53.1 Å². The van der Waals surface area contributed by atoms with Crippen molar-refractivity contribution in [3.8, 4) is 0 Å². The van der Waals surface area contributed by atoms with Crippen LogP contribution in [-0.2, 0) is 0 Å². The van der Waals surface area contributed by atoms with Crippen LogP contribution >= 0.6 is 11.6 Å². The molecule has 124 valence electrons. The van der Waals surface area contributed by atoms with Gasteiger partial charge in [-0.15, -0.1) is 0 Å². The lowest BCUT2D eigenvalue weighted by Gasteiger charge is -2.13. The summed E-state index contributed by atoms with van der Waals surface area (Å²) >= 11 is 6.00. The quantitative estimate of drug-likeness (QED) is 0.754. The summed E-state index contributed by atoms with van der Waals surface area (Å²) in [6, 6.07) is 7.68. The van der Waals surface area contributed by atoms with Gasteiger partial charge in [-0.1, -0.05) is 11.6 Å². The molecule has 1 heterocycles. The van der Waals surface area contributed by atoms with Gasteiger partial charge >= 0.3 is 0 Å². The molecule has 1 aromatic carbocycles. The Morgan fingerprint density at radius 1 is 1.13 bits per heavy atom. The molecule has 23 heavy (non-hydrogen) atoms. The molecule has 0 unspecified atom stereocenters. The Hall–Kier alpha value is -1.85. The fourth-order valence-electron chi connectivity index (χ4n) is 2.21. The molecule has 0 radical (unpaired) electrons. The van der Waals surface area contributed by atoms with Crippen LogP contribution in [0.3, 0.4) is 0 Å². The van der Waals surface area contributed by atoms with Gasteiger partial charge in [-0.25, -0.2) is 4.98 Å². The fraction of sp³-hybridized carbons (Fsp3) is 0.412. The summed E-state index contributed by atoms with van der Waals surface area (Å²) in [6.07, 6.45) is 1.04. The summed E-state index contributed by atoms with van der Waals surface area (Å²) in [5.41, 5.74) is 2.99. The molecular formula is C17H24ClN5. The molecule has 6 heteroatoms. The smallest absolute Gasteiger partial charge is 0.224 e. The molecule has 0 fully saturated rings. The number of anilines is 3. The van der Waals surface area contributed by atoms with E-state index in [1.165, 1.54) is 0 Å². The van der Waals surface area contributed by atoms with Crippen molar-refractivity contribution in [1.82, 2.24) is 14.9 Å². The number of aryl methyl sites for hydroxylation is 2. The second-order valence-corrected chi connectivity index (χ2v) is 6.32. The molecule has 0 aliphatic heterocycles. The molecule has 0 spiro atoms. The number of halogens is 1. The number of benzene rings is 1. The predicted octanol–water partition coefficient (Wildman–Crippen LogP) is 3.85. The van der Waals surface area contributed by atoms with Crippen molar-refractivity contribution in [2.45, 2.75) is 20.3 Å². The average Bonchev–Trinajstić information content (AvgIpc) is 2.46. The van der Waals surface area contributed by atoms with Crippen molar-refractivity contribution in [3.63, 3.8) is 0 Å². The fourth-order valence-corrected chi connectivity index (χ4v) is 2.44. The average molecular weight is 334 g/mol. The number of nitrogens with zero attached hydrogens (tertiary/aromatic N) is 3. The molecule has 1 aromatic heterocycles. The van der Waals surface area contributed by atoms with E-state index in [-0.39, 0.29) is 0 Å². The van der Waals surface area contributed by atoms with Gasteiger partial charge in [-0.2, -0.15) is 4.98 Å². The third-order valence-electron chi connectivity index (χ3n) is 3.37. The molecular weight excluding hydrogens is 310 g/mol. The maximum Gasteiger partial charge on any atom is 0.224 e. The summed E-state index contributed by atoms with van der Waals surface area (Å²) in [6.45, 7) is 5.87. The Kier molecular flexibility index (Phi) is 6.19. The molecule has 0 atom stereocenters. The maximum atomic E-state index is 6.00. The van der Waals surface area contributed by atoms with Gasteiger partial charge in [0.15, 0.2) is 0 Å². The number of nitrogens with one attached hydrogen (secondary N) is 2. The molecule has 0 amide bonds. The lowest BCUT2D eigenvalue weighted by atomic mass is 10.2. The molecule has 0 aliphatic carbocycles. The highest BCUT2D eigenvalue weighted by Crippen LogP contribution is 2.23. The molecule has 0 saturated carbocycles. The van der Waals surface area contributed by atoms with E-state index >= 15 is 0 Å². The predicted molar refractivity (Wildman–Crippen MR) is 97.9 cm³/mol. The van der Waals surface area contributed by atoms with Crippen molar-refractivity contribution in [2.75, 3.05) is 37.8 Å². The third kappa shape index (κ3) is 5.69. The molecule has 2 rings (SSSR count). The van der Waals surface area contributed by atoms with Crippen LogP contribution in [0.1, 0.15) is 17.7 Å². The summed E-state index contributed by atoms with van der Waals surface area (Å²) < 4.78 is 0. The van der Waals surface area contributed by atoms with Gasteiger partial charge in [-0.3, -0.25) is 0 Å². The van der Waals surface area contributed by atoms with E-state index < -0.39 is 0 Å². The zero-order chi connectivity index (χ0) is 16.8. The molecule has 5 nitrogen and oxygen atoms in total. The summed E-state index contributed by atoms with van der Waals surface area (Å²) in [5, 5.41) is 7.34. The minimum Gasteiger partial charge on any atom is -0.354 e. The van der Waals surface area contributed by atoms with E-state index in [0.717, 1.165) is 47.3 Å². The minimum atomic E-state index is 0.651. The number of hydrogen-bond acceptors (Lipinski definition) is 5. The first-order valence-corrected chi connectivity index (χ1v) is 8.09. The first-order valence-electron chi connectivity index (χ1n) is 7.71. The second kappa shape index (κ2) is 8.13. The van der Waals surface area contributed by atoms with Crippen LogP contribution in [0, 0.1) is 13.8 Å². The molecule has 2 N–H and O–H groups in total. The molecule has 0 aliphatic rings. The van der Waals surface area contributed by atoms with E-state index in [1.807, 2.05) is 38.1 Å². The SMILES string of the molecule is Cc1cc(Nc2ccc(Cl)cc2C)nc(NCCCN(C)C)n1. The highest BCUT2D eigenvalue weighted by Gasteiger charge is 2.05. The lowest BCUT2D eigenvalue weighted by molar-refractivity contribution is 0.405. The van der Waals surface area contributed by atoms with Crippen LogP contribution in [-0.4, -0.2) is 42.1 Å². The molecule has 2 aromatic rings. The van der Waals surface area contributed by atoms with Crippen LogP contribution in [0.25, 0.3) is 0 Å². The standard InChI is InChI=1S/C17H24ClN5/c1-12-10-14(18)6-7-15(12)21-16-11-13(2)20-17(22-16)19-8-5-9-23(3)4/h6-7,10-11H,5,8-9H2,1-4H3,(H2,19,20,21,22). The van der Waals surface area contributed by atoms with Gasteiger partial charge in [0.25, 0.3) is 0 Å². The Morgan fingerprint density at radius 2 is 1.91 bits per heavy atom. The first kappa shape index (κ1) is 17.5. The third-order valence-corrected chi connectivity index (χ3v) is 3.61. The summed E-state index contributed by atoms with van der Waals surface area (Å²) in [5.74, 6) is 1.43. The summed E-state index contributed by atoms with van der Waals surface area (Å²) in [7, 11) is 4.14. The van der Waals surface area contributed by atoms with Crippen LogP contribution in [0.4, 0.5) is 17.5 Å². The lowest BCUT2D eigenvalue weighted by Crippen LogP contribution is -2.17. The van der Waals surface area contributed by atoms with Gasteiger partial charge in [0.05, 0.1) is 0 Å². The van der Waals surface area contributed by atoms with Gasteiger partial charge in [0, 0.05) is 29.0 Å². The number of hydrogen-bond donors (Lipinski definition) is 2. The first-order chi connectivity index (χ1) is 10.9. The van der Waals surface area contributed by atoms with Gasteiger partial charge in [0.1, 0.15) is 5.82 Å². The minimum absolute atomic E-state index is 0.651. The Bertz CT molecular complexity index is 657. The van der Waals surface area contributed by atoms with Crippen molar-refractivity contribution in [3.05, 3.63) is 40.5 Å². The molecule has 0 saturated heterocycles. The number of aromatic nitrogens is 2. The van der Waals surface area contributed by atoms with Crippen LogP contribution in [0.5, 0.6) is 0 Å². The van der Waals surface area contributed by atoms with E-state index in [1.54, 1.807) is 0 Å². The number of rotatable bonds is 7. The normalized spacial score (nSPS) is 10.9. The summed E-state index contributed by atoms with van der Waals surface area (Å²) in [4.78, 5) is 11.1. The van der Waals surface area contributed by atoms with E-state index in [4.69, 9.17) is 11.6 Å². The monoisotopic (exact) mass is 333 g/mol. The van der Waals surface area contributed by atoms with Crippen LogP contribution in [0.15, 0.2) is 24.3 Å². The largest absolute Gasteiger partial charge is 0.354 e. The van der Waals surface area contributed by atoms with E-state index in [9.17, 15) is 0 Å². The highest BCUT2D eigenvalue weighted by atomic mass is 35.5. The van der Waals surface area contributed by atoms with Gasteiger partial charge in [-0.05, 0) is 64.7 Å².